The van der Waals surface area contributed by atoms with Gasteiger partial charge in [0.2, 0.25) is 0 Å². The van der Waals surface area contributed by atoms with Crippen LogP contribution in [0.25, 0.3) is 6.08 Å². The molecule has 0 atom stereocenters. The molecule has 3 aromatic carbocycles. The summed E-state index contributed by atoms with van der Waals surface area (Å²) in [5, 5.41) is 0.139. The molecule has 1 fully saturated rings. The molecule has 36 heavy (non-hydrogen) atoms. The maximum absolute atomic E-state index is 12.9. The number of benzene rings is 3. The Balaban J connectivity index is 1.42. The fourth-order valence-electron chi connectivity index (χ4n) is 3.62. The van der Waals surface area contributed by atoms with Crippen molar-refractivity contribution < 1.29 is 23.8 Å². The van der Waals surface area contributed by atoms with Gasteiger partial charge in [0.25, 0.3) is 11.1 Å². The molecule has 0 aromatic heterocycles. The van der Waals surface area contributed by atoms with Gasteiger partial charge >= 0.3 is 0 Å². The van der Waals surface area contributed by atoms with E-state index in [-0.39, 0.29) is 24.3 Å². The Kier molecular flexibility index (Phi) is 8.57. The molecular formula is C28H26ClNO5S. The molecule has 186 valence electrons. The van der Waals surface area contributed by atoms with E-state index >= 15 is 0 Å². The van der Waals surface area contributed by atoms with E-state index in [1.54, 1.807) is 30.3 Å². The van der Waals surface area contributed by atoms with E-state index in [0.717, 1.165) is 22.9 Å². The van der Waals surface area contributed by atoms with Crippen molar-refractivity contribution in [1.29, 1.82) is 0 Å². The smallest absolute Gasteiger partial charge is 0.293 e. The molecule has 0 radical (unpaired) electrons. The van der Waals surface area contributed by atoms with Crippen molar-refractivity contribution in [1.82, 2.24) is 4.90 Å². The molecule has 0 N–H and O–H groups in total. The molecule has 4 rings (SSSR count). The van der Waals surface area contributed by atoms with Crippen molar-refractivity contribution in [3.63, 3.8) is 0 Å². The van der Waals surface area contributed by atoms with E-state index in [1.807, 2.05) is 50.2 Å². The minimum absolute atomic E-state index is 0.128. The minimum Gasteiger partial charge on any atom is -0.490 e. The lowest BCUT2D eigenvalue weighted by Crippen LogP contribution is -2.32. The summed E-state index contributed by atoms with van der Waals surface area (Å²) in [5.41, 5.74) is 2.97. The van der Waals surface area contributed by atoms with E-state index in [1.165, 1.54) is 10.5 Å². The minimum atomic E-state index is -0.356. The van der Waals surface area contributed by atoms with Crippen LogP contribution < -0.4 is 14.2 Å². The van der Waals surface area contributed by atoms with E-state index in [2.05, 4.69) is 6.07 Å². The normalized spacial score (nSPS) is 14.4. The standard InChI is InChI=1S/C28H26ClNO5S/c1-3-33-25-16-20(11-12-24(25)35-18-21-8-6-7-19(2)15-21)17-26-27(31)30(28(32)36-26)13-14-34-23-10-5-4-9-22(23)29/h4-12,15-17H,3,13-14,18H2,1-2H3/b26-17-. The number of carbonyl (C=O) groups excluding carboxylic acids is 2. The Hall–Kier alpha value is -3.42. The van der Waals surface area contributed by atoms with Gasteiger partial charge in [-0.1, -0.05) is 59.6 Å². The highest BCUT2D eigenvalue weighted by molar-refractivity contribution is 8.18. The summed E-state index contributed by atoms with van der Waals surface area (Å²) < 4.78 is 17.4. The number of para-hydroxylation sites is 1. The number of hydrogen-bond acceptors (Lipinski definition) is 6. The molecule has 3 aromatic rings. The predicted molar refractivity (Wildman–Crippen MR) is 143 cm³/mol. The largest absolute Gasteiger partial charge is 0.490 e. The van der Waals surface area contributed by atoms with Crippen LogP contribution in [0.15, 0.2) is 71.6 Å². The SMILES string of the molecule is CCOc1cc(/C=C2\SC(=O)N(CCOc3ccccc3Cl)C2=O)ccc1OCc1cccc(C)c1. The zero-order chi connectivity index (χ0) is 25.5. The number of carbonyl (C=O) groups is 2. The molecule has 0 unspecified atom stereocenters. The number of amides is 2. The van der Waals surface area contributed by atoms with Gasteiger partial charge in [0, 0.05) is 0 Å². The Morgan fingerprint density at radius 2 is 1.75 bits per heavy atom. The second-order valence-electron chi connectivity index (χ2n) is 8.03. The maximum atomic E-state index is 12.9. The van der Waals surface area contributed by atoms with Crippen molar-refractivity contribution in [2.75, 3.05) is 19.8 Å². The maximum Gasteiger partial charge on any atom is 0.293 e. The first-order valence-electron chi connectivity index (χ1n) is 11.5. The molecular weight excluding hydrogens is 498 g/mol. The van der Waals surface area contributed by atoms with Gasteiger partial charge in [-0.25, -0.2) is 0 Å². The molecule has 1 aliphatic rings. The average Bonchev–Trinajstić information content (AvgIpc) is 3.12. The quantitative estimate of drug-likeness (QED) is 0.274. The van der Waals surface area contributed by atoms with Crippen LogP contribution in [0.4, 0.5) is 4.79 Å². The second kappa shape index (κ2) is 12.0. The van der Waals surface area contributed by atoms with Crippen LogP contribution in [0.5, 0.6) is 17.2 Å². The first-order chi connectivity index (χ1) is 17.4. The summed E-state index contributed by atoms with van der Waals surface area (Å²) in [5.74, 6) is 1.34. The third kappa shape index (κ3) is 6.42. The molecule has 0 saturated carbocycles. The monoisotopic (exact) mass is 523 g/mol. The second-order valence-corrected chi connectivity index (χ2v) is 9.43. The molecule has 1 saturated heterocycles. The fraction of sp³-hybridized carbons (Fsp3) is 0.214. The van der Waals surface area contributed by atoms with Crippen LogP contribution in [0.1, 0.15) is 23.6 Å². The van der Waals surface area contributed by atoms with Crippen LogP contribution in [-0.4, -0.2) is 35.8 Å². The summed E-state index contributed by atoms with van der Waals surface area (Å²) in [7, 11) is 0. The van der Waals surface area contributed by atoms with Crippen LogP contribution >= 0.6 is 23.4 Å². The van der Waals surface area contributed by atoms with Gasteiger partial charge in [-0.2, -0.15) is 0 Å². The van der Waals surface area contributed by atoms with E-state index < -0.39 is 0 Å². The Morgan fingerprint density at radius 1 is 0.917 bits per heavy atom. The summed E-state index contributed by atoms with van der Waals surface area (Å²) in [6.45, 7) is 5.09. The number of hydrogen-bond donors (Lipinski definition) is 0. The lowest BCUT2D eigenvalue weighted by atomic mass is 10.1. The van der Waals surface area contributed by atoms with Crippen molar-refractivity contribution in [3.8, 4) is 17.2 Å². The number of nitrogens with zero attached hydrogens (tertiary/aromatic N) is 1. The topological polar surface area (TPSA) is 65.1 Å². The predicted octanol–water partition coefficient (Wildman–Crippen LogP) is 6.74. The molecule has 0 spiro atoms. The third-order valence-electron chi connectivity index (χ3n) is 5.32. The molecule has 0 bridgehead atoms. The number of rotatable bonds is 10. The van der Waals surface area contributed by atoms with Crippen LogP contribution in [0, 0.1) is 6.92 Å². The number of ether oxygens (including phenoxy) is 3. The van der Waals surface area contributed by atoms with Gasteiger partial charge < -0.3 is 14.2 Å². The summed E-state index contributed by atoms with van der Waals surface area (Å²) in [4.78, 5) is 26.9. The summed E-state index contributed by atoms with van der Waals surface area (Å²) in [6, 6.07) is 20.6. The Morgan fingerprint density at radius 3 is 2.53 bits per heavy atom. The highest BCUT2D eigenvalue weighted by atomic mass is 35.5. The Labute approximate surface area is 219 Å². The van der Waals surface area contributed by atoms with Crippen molar-refractivity contribution in [2.24, 2.45) is 0 Å². The van der Waals surface area contributed by atoms with Gasteiger partial charge in [0.1, 0.15) is 19.0 Å². The van der Waals surface area contributed by atoms with E-state index in [9.17, 15) is 9.59 Å². The average molecular weight is 524 g/mol. The molecule has 2 amide bonds. The first kappa shape index (κ1) is 25.7. The summed E-state index contributed by atoms with van der Waals surface area (Å²) in [6.07, 6.45) is 1.69. The van der Waals surface area contributed by atoms with Gasteiger partial charge in [-0.05, 0) is 67.1 Å². The number of halogens is 1. The fourth-order valence-corrected chi connectivity index (χ4v) is 4.67. The molecule has 1 heterocycles. The zero-order valence-corrected chi connectivity index (χ0v) is 21.6. The summed E-state index contributed by atoms with van der Waals surface area (Å²) >= 11 is 6.99. The molecule has 6 nitrogen and oxygen atoms in total. The molecule has 0 aliphatic carbocycles. The number of imide groups is 1. The highest BCUT2D eigenvalue weighted by Gasteiger charge is 2.34. The van der Waals surface area contributed by atoms with Gasteiger partial charge in [0.05, 0.1) is 23.1 Å². The van der Waals surface area contributed by atoms with Gasteiger partial charge in [0.15, 0.2) is 11.5 Å². The van der Waals surface area contributed by atoms with Crippen molar-refractivity contribution in [3.05, 3.63) is 93.3 Å². The number of thioether (sulfide) groups is 1. The first-order valence-corrected chi connectivity index (χ1v) is 12.7. The van der Waals surface area contributed by atoms with Crippen molar-refractivity contribution >= 4 is 40.6 Å². The molecule has 8 heteroatoms. The van der Waals surface area contributed by atoms with Gasteiger partial charge in [-0.3, -0.25) is 14.5 Å². The lowest BCUT2D eigenvalue weighted by Gasteiger charge is -2.14. The Bertz CT molecular complexity index is 1290. The third-order valence-corrected chi connectivity index (χ3v) is 6.54. The lowest BCUT2D eigenvalue weighted by molar-refractivity contribution is -0.123. The number of aryl methyl sites for hydroxylation is 1. The zero-order valence-electron chi connectivity index (χ0n) is 20.0. The van der Waals surface area contributed by atoms with E-state index in [4.69, 9.17) is 25.8 Å². The molecule has 1 aliphatic heterocycles. The van der Waals surface area contributed by atoms with Crippen LogP contribution in [-0.2, 0) is 11.4 Å². The highest BCUT2D eigenvalue weighted by Crippen LogP contribution is 2.35. The van der Waals surface area contributed by atoms with E-state index in [0.29, 0.717) is 40.4 Å². The van der Waals surface area contributed by atoms with Gasteiger partial charge in [-0.15, -0.1) is 0 Å². The van der Waals surface area contributed by atoms with Crippen molar-refractivity contribution in [2.45, 2.75) is 20.5 Å². The van der Waals surface area contributed by atoms with Crippen LogP contribution in [0.2, 0.25) is 5.02 Å². The van der Waals surface area contributed by atoms with Crippen LogP contribution in [0.3, 0.4) is 0 Å².